The summed E-state index contributed by atoms with van der Waals surface area (Å²) in [5, 5.41) is 19.1. The van der Waals surface area contributed by atoms with Crippen LogP contribution in [0.3, 0.4) is 0 Å². The zero-order valence-electron chi connectivity index (χ0n) is 16.4. The summed E-state index contributed by atoms with van der Waals surface area (Å²) in [7, 11) is 0. The highest BCUT2D eigenvalue weighted by atomic mass is 32.1. The Hall–Kier alpha value is -3.22. The van der Waals surface area contributed by atoms with Crippen molar-refractivity contribution in [2.45, 2.75) is 31.7 Å². The number of thiazole rings is 1. The molecular weight excluding hydrogens is 400 g/mol. The smallest absolute Gasteiger partial charge is 0.261 e. The van der Waals surface area contributed by atoms with E-state index in [1.807, 2.05) is 35.9 Å². The molecule has 5 rings (SSSR count). The fraction of sp³-hybridized carbons (Fsp3) is 0.333. The van der Waals surface area contributed by atoms with Gasteiger partial charge in [0.15, 0.2) is 5.82 Å². The number of nitrogens with one attached hydrogen (secondary N) is 2. The summed E-state index contributed by atoms with van der Waals surface area (Å²) in [6.07, 6.45) is 3.50. The monoisotopic (exact) mass is 420 g/mol. The first kappa shape index (κ1) is 18.8. The second kappa shape index (κ2) is 7.23. The number of aromatic nitrogens is 4. The van der Waals surface area contributed by atoms with E-state index < -0.39 is 5.54 Å². The lowest BCUT2D eigenvalue weighted by Gasteiger charge is -2.35. The maximum atomic E-state index is 12.7. The summed E-state index contributed by atoms with van der Waals surface area (Å²) < 4.78 is 8.61. The molecule has 1 saturated heterocycles. The molecule has 4 aromatic rings. The number of anilines is 2. The van der Waals surface area contributed by atoms with E-state index in [1.54, 1.807) is 17.5 Å². The second-order valence-electron chi connectivity index (χ2n) is 7.58. The Labute approximate surface area is 176 Å². The number of rotatable bonds is 4. The van der Waals surface area contributed by atoms with Crippen molar-refractivity contribution in [1.29, 1.82) is 5.26 Å². The number of aryl methyl sites for hydroxylation is 1. The molecule has 8 nitrogen and oxygen atoms in total. The van der Waals surface area contributed by atoms with E-state index in [2.05, 4.69) is 21.4 Å². The summed E-state index contributed by atoms with van der Waals surface area (Å²) in [6, 6.07) is 10.0. The summed E-state index contributed by atoms with van der Waals surface area (Å²) in [4.78, 5) is 19.9. The van der Waals surface area contributed by atoms with Crippen LogP contribution in [0.1, 0.15) is 24.3 Å². The molecule has 1 aromatic carbocycles. The first-order valence-corrected chi connectivity index (χ1v) is 10.6. The van der Waals surface area contributed by atoms with Gasteiger partial charge in [0.25, 0.3) is 5.56 Å². The van der Waals surface area contributed by atoms with E-state index in [0.29, 0.717) is 29.9 Å². The normalized spacial score (nSPS) is 19.2. The minimum absolute atomic E-state index is 0.222. The summed E-state index contributed by atoms with van der Waals surface area (Å²) in [5.74, 6) is 0.468. The van der Waals surface area contributed by atoms with Crippen molar-refractivity contribution in [3.05, 3.63) is 45.8 Å². The number of nitrogens with zero attached hydrogens (tertiary/aromatic N) is 4. The Balaban J connectivity index is 1.65. The molecule has 0 saturated carbocycles. The van der Waals surface area contributed by atoms with Gasteiger partial charge in [-0.25, -0.2) is 4.98 Å². The van der Waals surface area contributed by atoms with E-state index in [9.17, 15) is 10.1 Å². The Morgan fingerprint density at radius 3 is 3.13 bits per heavy atom. The van der Waals surface area contributed by atoms with Crippen LogP contribution >= 0.6 is 11.3 Å². The van der Waals surface area contributed by atoms with Crippen molar-refractivity contribution >= 4 is 44.0 Å². The molecule has 0 spiro atoms. The van der Waals surface area contributed by atoms with Gasteiger partial charge in [-0.2, -0.15) is 10.4 Å². The standard InChI is InChI=1S/C21H20N6O2S/c1-13-24-15-4-3-14(11-17(15)30-13)25-19-18-16(5-9-23-20(18)28)27(26-19)21(7-8-22)6-2-10-29-12-21/h3-5,9,11H,2,6-7,10,12H2,1H3,(H,23,28)(H,25,26)/t21-/m0/s1. The van der Waals surface area contributed by atoms with E-state index in [4.69, 9.17) is 9.84 Å². The summed E-state index contributed by atoms with van der Waals surface area (Å²) >= 11 is 1.62. The lowest BCUT2D eigenvalue weighted by atomic mass is 9.89. The Morgan fingerprint density at radius 1 is 1.43 bits per heavy atom. The van der Waals surface area contributed by atoms with Gasteiger partial charge in [0.05, 0.1) is 45.4 Å². The van der Waals surface area contributed by atoms with Crippen LogP contribution in [0.5, 0.6) is 0 Å². The predicted octanol–water partition coefficient (Wildman–Crippen LogP) is 3.81. The number of benzene rings is 1. The van der Waals surface area contributed by atoms with Crippen molar-refractivity contribution in [1.82, 2.24) is 19.7 Å². The Kier molecular flexibility index (Phi) is 4.53. The minimum atomic E-state index is -0.586. The molecule has 9 heteroatoms. The lowest BCUT2D eigenvalue weighted by molar-refractivity contribution is -0.00174. The fourth-order valence-electron chi connectivity index (χ4n) is 4.15. The molecule has 30 heavy (non-hydrogen) atoms. The molecule has 0 amide bonds. The van der Waals surface area contributed by atoms with Gasteiger partial charge < -0.3 is 15.0 Å². The number of pyridine rings is 1. The van der Waals surface area contributed by atoms with E-state index >= 15 is 0 Å². The Morgan fingerprint density at radius 2 is 2.33 bits per heavy atom. The third-order valence-corrected chi connectivity index (χ3v) is 6.45. The molecular formula is C21H20N6O2S. The minimum Gasteiger partial charge on any atom is -0.379 e. The number of hydrogen-bond acceptors (Lipinski definition) is 7. The number of H-pyrrole nitrogens is 1. The van der Waals surface area contributed by atoms with Crippen molar-refractivity contribution in [3.8, 4) is 6.07 Å². The number of ether oxygens (including phenoxy) is 1. The highest BCUT2D eigenvalue weighted by Crippen LogP contribution is 2.36. The maximum Gasteiger partial charge on any atom is 0.261 e. The van der Waals surface area contributed by atoms with Gasteiger partial charge in [-0.3, -0.25) is 9.48 Å². The quantitative estimate of drug-likeness (QED) is 0.520. The van der Waals surface area contributed by atoms with Crippen molar-refractivity contribution in [3.63, 3.8) is 0 Å². The van der Waals surface area contributed by atoms with Crippen LogP contribution in [0, 0.1) is 18.3 Å². The number of hydrogen-bond donors (Lipinski definition) is 2. The van der Waals surface area contributed by atoms with Crippen LogP contribution in [-0.4, -0.2) is 33.0 Å². The molecule has 0 bridgehead atoms. The van der Waals surface area contributed by atoms with Gasteiger partial charge in [-0.1, -0.05) is 0 Å². The van der Waals surface area contributed by atoms with Gasteiger partial charge in [0.1, 0.15) is 5.39 Å². The first-order valence-electron chi connectivity index (χ1n) is 9.79. The van der Waals surface area contributed by atoms with Crippen molar-refractivity contribution in [2.24, 2.45) is 0 Å². The van der Waals surface area contributed by atoms with Crippen molar-refractivity contribution < 1.29 is 4.74 Å². The molecule has 0 aliphatic carbocycles. The molecule has 152 valence electrons. The van der Waals surface area contributed by atoms with E-state index in [0.717, 1.165) is 33.8 Å². The molecule has 2 N–H and O–H groups in total. The van der Waals surface area contributed by atoms with Gasteiger partial charge in [0, 0.05) is 18.5 Å². The van der Waals surface area contributed by atoms with Crippen LogP contribution in [0.2, 0.25) is 0 Å². The van der Waals surface area contributed by atoms with Crippen LogP contribution in [0.25, 0.3) is 21.1 Å². The van der Waals surface area contributed by atoms with E-state index in [1.165, 1.54) is 0 Å². The van der Waals surface area contributed by atoms with Crippen LogP contribution in [0.15, 0.2) is 35.3 Å². The first-order chi connectivity index (χ1) is 14.6. The highest BCUT2D eigenvalue weighted by molar-refractivity contribution is 7.18. The largest absolute Gasteiger partial charge is 0.379 e. The van der Waals surface area contributed by atoms with Gasteiger partial charge in [0.2, 0.25) is 0 Å². The molecule has 4 heterocycles. The molecule has 3 aromatic heterocycles. The van der Waals surface area contributed by atoms with Gasteiger partial charge in [-0.05, 0) is 44.0 Å². The SMILES string of the molecule is Cc1nc2ccc(Nc3nn([C@]4(CC#N)CCCOC4)c4cc[nH]c(=O)c34)cc2s1. The molecule has 1 atom stereocenters. The van der Waals surface area contributed by atoms with Crippen LogP contribution in [0.4, 0.5) is 11.5 Å². The maximum absolute atomic E-state index is 12.7. The Bertz CT molecular complexity index is 1340. The molecule has 1 aliphatic heterocycles. The number of nitriles is 1. The highest BCUT2D eigenvalue weighted by Gasteiger charge is 2.38. The van der Waals surface area contributed by atoms with Crippen molar-refractivity contribution in [2.75, 3.05) is 18.5 Å². The zero-order valence-corrected chi connectivity index (χ0v) is 17.3. The summed E-state index contributed by atoms with van der Waals surface area (Å²) in [5.41, 5.74) is 1.66. The van der Waals surface area contributed by atoms with Crippen LogP contribution < -0.4 is 10.9 Å². The van der Waals surface area contributed by atoms with E-state index in [-0.39, 0.29) is 12.0 Å². The number of fused-ring (bicyclic) bond motifs is 2. The molecule has 0 unspecified atom stereocenters. The summed E-state index contributed by atoms with van der Waals surface area (Å²) in [6.45, 7) is 3.05. The average Bonchev–Trinajstić information content (AvgIpc) is 3.29. The fourth-order valence-corrected chi connectivity index (χ4v) is 5.01. The van der Waals surface area contributed by atoms with Gasteiger partial charge >= 0.3 is 0 Å². The average molecular weight is 420 g/mol. The van der Waals surface area contributed by atoms with Crippen LogP contribution in [-0.2, 0) is 10.3 Å². The lowest BCUT2D eigenvalue weighted by Crippen LogP contribution is -2.42. The molecule has 1 fully saturated rings. The molecule has 0 radical (unpaired) electrons. The molecule has 1 aliphatic rings. The van der Waals surface area contributed by atoms with Gasteiger partial charge in [-0.15, -0.1) is 11.3 Å². The third kappa shape index (κ3) is 3.05. The predicted molar refractivity (Wildman–Crippen MR) is 116 cm³/mol. The topological polar surface area (TPSA) is 109 Å². The second-order valence-corrected chi connectivity index (χ2v) is 8.82. The zero-order chi connectivity index (χ0) is 20.7. The third-order valence-electron chi connectivity index (χ3n) is 5.52. The number of aromatic amines is 1.